The number of hydrogen-bond donors (Lipinski definition) is 2. The number of aromatic amines is 2. The van der Waals surface area contributed by atoms with Crippen molar-refractivity contribution < 1.29 is 14.4 Å². The van der Waals surface area contributed by atoms with Gasteiger partial charge in [-0.25, -0.2) is 9.97 Å². The molecule has 1 spiro atoms. The van der Waals surface area contributed by atoms with Gasteiger partial charge in [0.25, 0.3) is 0 Å². The van der Waals surface area contributed by atoms with Gasteiger partial charge in [0.2, 0.25) is 0 Å². The number of ketones is 3. The van der Waals surface area contributed by atoms with E-state index in [9.17, 15) is 14.4 Å². The van der Waals surface area contributed by atoms with Crippen molar-refractivity contribution in [2.24, 2.45) is 0 Å². The third-order valence-corrected chi connectivity index (χ3v) is 12.9. The monoisotopic (exact) mass is 722 g/mol. The van der Waals surface area contributed by atoms with Crippen LogP contribution in [0.1, 0.15) is 126 Å². The minimum absolute atomic E-state index is 0.000849. The summed E-state index contributed by atoms with van der Waals surface area (Å²) < 4.78 is 0. The van der Waals surface area contributed by atoms with Crippen LogP contribution in [0.5, 0.6) is 0 Å². The summed E-state index contributed by atoms with van der Waals surface area (Å²) in [6.45, 7) is 22.3. The maximum atomic E-state index is 13.7. The van der Waals surface area contributed by atoms with Crippen molar-refractivity contribution in [1.82, 2.24) is 19.9 Å². The smallest absolute Gasteiger partial charge is 0.159 e. The Kier molecular flexibility index (Phi) is 7.32. The lowest BCUT2D eigenvalue weighted by atomic mass is 9.63. The number of carbonyl (C=O) groups excluding carboxylic acids is 3. The van der Waals surface area contributed by atoms with Gasteiger partial charge in [-0.3, -0.25) is 14.4 Å². The van der Waals surface area contributed by atoms with Gasteiger partial charge < -0.3 is 9.97 Å². The summed E-state index contributed by atoms with van der Waals surface area (Å²) in [5.41, 5.74) is 21.3. The first-order valence-corrected chi connectivity index (χ1v) is 18.8. The van der Waals surface area contributed by atoms with Crippen molar-refractivity contribution in [3.63, 3.8) is 0 Å². The summed E-state index contributed by atoms with van der Waals surface area (Å²) >= 11 is 0. The molecule has 4 aromatic rings. The summed E-state index contributed by atoms with van der Waals surface area (Å²) in [6, 6.07) is 17.6. The van der Waals surface area contributed by atoms with E-state index in [1.54, 1.807) is 20.8 Å². The molecule has 3 aliphatic carbocycles. The predicted octanol–water partition coefficient (Wildman–Crippen LogP) is 11.0. The van der Waals surface area contributed by atoms with Crippen molar-refractivity contribution >= 4 is 61.8 Å². The lowest BCUT2D eigenvalue weighted by molar-refractivity contribution is -0.114. The molecule has 2 N–H and O–H groups in total. The van der Waals surface area contributed by atoms with Gasteiger partial charge in [-0.1, -0.05) is 55.1 Å². The molecule has 0 saturated heterocycles. The number of H-pyrrole nitrogens is 2. The first-order chi connectivity index (χ1) is 26.1. The molecule has 2 aromatic carbocycles. The van der Waals surface area contributed by atoms with Gasteiger partial charge in [0.1, 0.15) is 0 Å². The Bertz CT molecular complexity index is 2870. The van der Waals surface area contributed by atoms with Crippen molar-refractivity contribution in [2.75, 3.05) is 0 Å². The molecule has 2 aromatic heterocycles. The predicted molar refractivity (Wildman–Crippen MR) is 222 cm³/mol. The number of carbonyl (C=O) groups is 3. The van der Waals surface area contributed by atoms with Crippen LogP contribution in [0.15, 0.2) is 66.7 Å². The molecule has 10 rings (SSSR count). The van der Waals surface area contributed by atoms with E-state index in [2.05, 4.69) is 57.6 Å². The molecule has 7 nitrogen and oxygen atoms in total. The number of aromatic nitrogens is 4. The Morgan fingerprint density at radius 3 is 1.73 bits per heavy atom. The van der Waals surface area contributed by atoms with Gasteiger partial charge in [-0.15, -0.1) is 0 Å². The highest BCUT2D eigenvalue weighted by molar-refractivity contribution is 6.19. The third kappa shape index (κ3) is 4.53. The summed E-state index contributed by atoms with van der Waals surface area (Å²) in [5.74, 6) is 0.0388. The summed E-state index contributed by atoms with van der Waals surface area (Å²) in [4.78, 5) is 56.9. The van der Waals surface area contributed by atoms with Crippen LogP contribution >= 0.6 is 0 Å². The molecule has 1 atom stereocenters. The molecule has 7 heteroatoms. The van der Waals surface area contributed by atoms with Gasteiger partial charge in [0.15, 0.2) is 17.3 Å². The molecule has 3 aliphatic heterocycles. The van der Waals surface area contributed by atoms with E-state index in [-0.39, 0.29) is 17.3 Å². The molecule has 0 saturated carbocycles. The van der Waals surface area contributed by atoms with E-state index >= 15 is 0 Å². The van der Waals surface area contributed by atoms with E-state index in [4.69, 9.17) is 16.5 Å². The van der Waals surface area contributed by atoms with E-state index in [1.807, 2.05) is 48.5 Å². The van der Waals surface area contributed by atoms with E-state index in [0.717, 1.165) is 123 Å². The zero-order valence-electron chi connectivity index (χ0n) is 32.7. The van der Waals surface area contributed by atoms with Gasteiger partial charge >= 0.3 is 0 Å². The lowest BCUT2D eigenvalue weighted by Crippen LogP contribution is -2.33. The number of allylic oxidation sites excluding steroid dienone is 7. The second-order valence-electron chi connectivity index (χ2n) is 15.7. The molecular weight excluding hydrogens is 681 g/mol. The molecule has 0 unspecified atom stereocenters. The molecule has 272 valence electrons. The van der Waals surface area contributed by atoms with E-state index in [0.29, 0.717) is 17.5 Å². The van der Waals surface area contributed by atoms with Gasteiger partial charge in [0, 0.05) is 44.6 Å². The standard InChI is InChI=1S/C48H42N4O3/c1-21-23(3)42-38(33-15-11-31(12-16-33)28(8)53)44-25(5)26(6)45(51-44)40-35-20-48(41(35)30(10)55)27(7)46(52-47(40)48)39(34-17-13-32(14-18-34)29(9)54)43-24(4)22(2)37(50-43)19-36(21)49-42/h11-19,49,52H,7,20H2,1-6,8-10H3/t48-/m0/s1. The highest BCUT2D eigenvalue weighted by Gasteiger charge is 2.62. The fraction of sp³-hybridized carbons (Fsp3) is 0.229. The summed E-state index contributed by atoms with van der Waals surface area (Å²) in [6.07, 6.45) is 0.659. The minimum atomic E-state index is -0.689. The van der Waals surface area contributed by atoms with Gasteiger partial charge in [0.05, 0.1) is 39.4 Å². The van der Waals surface area contributed by atoms with Crippen LogP contribution in [0.3, 0.4) is 0 Å². The minimum Gasteiger partial charge on any atom is -0.356 e. The van der Waals surface area contributed by atoms with E-state index in [1.165, 1.54) is 0 Å². The average molecular weight is 723 g/mol. The highest BCUT2D eigenvalue weighted by atomic mass is 16.1. The largest absolute Gasteiger partial charge is 0.356 e. The summed E-state index contributed by atoms with van der Waals surface area (Å²) in [5, 5.41) is 0. The number of aryl methyl sites for hydroxylation is 2. The Morgan fingerprint density at radius 2 is 1.16 bits per heavy atom. The zero-order chi connectivity index (χ0) is 39.0. The third-order valence-electron chi connectivity index (χ3n) is 12.9. The second-order valence-corrected chi connectivity index (χ2v) is 15.7. The van der Waals surface area contributed by atoms with Gasteiger partial charge in [-0.05, 0) is 130 Å². The molecule has 5 heterocycles. The Labute approximate surface area is 320 Å². The number of benzene rings is 2. The SMILES string of the molecule is C=C1c2[nH]c3c(c4nc(c(-c5ccc(C(C)=O)cc5)c5[nH]c(cc6nc(c2-c2ccc(C(C)=O)cc2)C(C)=C6C)c(C)c5C)C(C)=C4C)C2=C(C(C)=O)[C@]13C2. The highest BCUT2D eigenvalue weighted by Crippen LogP contribution is 2.69. The fourth-order valence-electron chi connectivity index (χ4n) is 9.31. The van der Waals surface area contributed by atoms with Crippen molar-refractivity contribution in [3.05, 3.63) is 129 Å². The van der Waals surface area contributed by atoms with E-state index < -0.39 is 5.41 Å². The van der Waals surface area contributed by atoms with Crippen molar-refractivity contribution in [1.29, 1.82) is 0 Å². The number of nitrogens with zero attached hydrogens (tertiary/aromatic N) is 2. The molecule has 6 aliphatic rings. The van der Waals surface area contributed by atoms with Crippen molar-refractivity contribution in [2.45, 2.75) is 74.1 Å². The average Bonchev–Trinajstić information content (AvgIpc) is 3.93. The normalized spacial score (nSPS) is 17.6. The Morgan fingerprint density at radius 1 is 0.636 bits per heavy atom. The number of hydrogen-bond acceptors (Lipinski definition) is 5. The van der Waals surface area contributed by atoms with Crippen LogP contribution in [0.25, 0.3) is 66.7 Å². The second kappa shape index (κ2) is 11.6. The maximum absolute atomic E-state index is 13.7. The van der Waals surface area contributed by atoms with Crippen LogP contribution in [0, 0.1) is 13.8 Å². The molecule has 0 fully saturated rings. The molecule has 55 heavy (non-hydrogen) atoms. The van der Waals surface area contributed by atoms with Gasteiger partial charge in [-0.2, -0.15) is 0 Å². The molecule has 10 bridgehead atoms. The number of rotatable bonds is 5. The quantitative estimate of drug-likeness (QED) is 0.199. The number of nitrogens with one attached hydrogen (secondary N) is 2. The maximum Gasteiger partial charge on any atom is 0.159 e. The fourth-order valence-corrected chi connectivity index (χ4v) is 9.31. The van der Waals surface area contributed by atoms with Crippen LogP contribution in [-0.4, -0.2) is 37.3 Å². The van der Waals surface area contributed by atoms with Crippen LogP contribution in [-0.2, 0) is 10.2 Å². The first kappa shape index (κ1) is 34.6. The topological polar surface area (TPSA) is 109 Å². The van der Waals surface area contributed by atoms with Crippen LogP contribution in [0.2, 0.25) is 0 Å². The zero-order valence-corrected chi connectivity index (χ0v) is 32.7. The Balaban J connectivity index is 1.50. The Hall–Kier alpha value is -6.21. The molecular formula is C48H42N4O3. The first-order valence-electron chi connectivity index (χ1n) is 18.8. The molecule has 0 radical (unpaired) electrons. The summed E-state index contributed by atoms with van der Waals surface area (Å²) in [7, 11) is 0. The van der Waals surface area contributed by atoms with Crippen LogP contribution < -0.4 is 0 Å². The lowest BCUT2D eigenvalue weighted by Gasteiger charge is -2.36. The molecule has 0 amide bonds. The number of fused-ring (bicyclic) bond motifs is 7. The van der Waals surface area contributed by atoms with Crippen molar-refractivity contribution in [3.8, 4) is 22.3 Å². The number of Topliss-reactive ketones (excluding diaryl/α,β-unsaturated/α-hetero) is 3. The van der Waals surface area contributed by atoms with Crippen LogP contribution in [0.4, 0.5) is 0 Å².